The van der Waals surface area contributed by atoms with Crippen LogP contribution < -0.4 is 4.74 Å². The molecule has 1 aromatic carbocycles. The lowest BCUT2D eigenvalue weighted by molar-refractivity contribution is 0.0696. The first-order valence-electron chi connectivity index (χ1n) is 6.64. The lowest BCUT2D eigenvalue weighted by atomic mass is 10.1. The van der Waals surface area contributed by atoms with Gasteiger partial charge in [0.2, 0.25) is 5.88 Å². The SMILES string of the molecule is Cc1ccc(C(=O)O)cc1Oc1ccc2c(n1)CCC2. The average Bonchev–Trinajstić information content (AvgIpc) is 2.88. The monoisotopic (exact) mass is 269 g/mol. The van der Waals surface area contributed by atoms with Crippen LogP contribution in [-0.2, 0) is 12.8 Å². The van der Waals surface area contributed by atoms with Crippen molar-refractivity contribution in [1.82, 2.24) is 4.98 Å². The molecule has 1 aromatic heterocycles. The predicted octanol–water partition coefficient (Wildman–Crippen LogP) is 3.37. The topological polar surface area (TPSA) is 59.4 Å². The Hall–Kier alpha value is -2.36. The zero-order valence-corrected chi connectivity index (χ0v) is 11.2. The van der Waals surface area contributed by atoms with E-state index in [0.717, 1.165) is 30.5 Å². The summed E-state index contributed by atoms with van der Waals surface area (Å²) in [5, 5.41) is 9.02. The molecule has 0 atom stereocenters. The third-order valence-electron chi connectivity index (χ3n) is 3.55. The third-order valence-corrected chi connectivity index (χ3v) is 3.55. The van der Waals surface area contributed by atoms with Crippen LogP contribution in [-0.4, -0.2) is 16.1 Å². The number of carbonyl (C=O) groups is 1. The molecule has 102 valence electrons. The van der Waals surface area contributed by atoms with Crippen LogP contribution in [0.5, 0.6) is 11.6 Å². The first-order chi connectivity index (χ1) is 9.63. The van der Waals surface area contributed by atoms with Gasteiger partial charge in [0.1, 0.15) is 5.75 Å². The Bertz CT molecular complexity index is 679. The van der Waals surface area contributed by atoms with Crippen molar-refractivity contribution in [3.63, 3.8) is 0 Å². The van der Waals surface area contributed by atoms with E-state index in [1.807, 2.05) is 19.1 Å². The maximum Gasteiger partial charge on any atom is 0.335 e. The van der Waals surface area contributed by atoms with Gasteiger partial charge in [0.05, 0.1) is 5.56 Å². The number of aryl methyl sites for hydroxylation is 3. The molecule has 20 heavy (non-hydrogen) atoms. The number of carboxylic acids is 1. The zero-order valence-electron chi connectivity index (χ0n) is 11.2. The molecule has 0 fully saturated rings. The molecule has 0 radical (unpaired) electrons. The lowest BCUT2D eigenvalue weighted by Crippen LogP contribution is -1.99. The van der Waals surface area contributed by atoms with Gasteiger partial charge in [-0.1, -0.05) is 12.1 Å². The number of aromatic nitrogens is 1. The van der Waals surface area contributed by atoms with Crippen LogP contribution in [0.2, 0.25) is 0 Å². The highest BCUT2D eigenvalue weighted by atomic mass is 16.5. The fraction of sp³-hybridized carbons (Fsp3) is 0.250. The second kappa shape index (κ2) is 4.96. The molecule has 1 N–H and O–H groups in total. The molecular formula is C16H15NO3. The summed E-state index contributed by atoms with van der Waals surface area (Å²) in [7, 11) is 0. The van der Waals surface area contributed by atoms with Crippen molar-refractivity contribution < 1.29 is 14.6 Å². The van der Waals surface area contributed by atoms with E-state index in [0.29, 0.717) is 11.6 Å². The van der Waals surface area contributed by atoms with Crippen molar-refractivity contribution in [1.29, 1.82) is 0 Å². The molecule has 1 aliphatic carbocycles. The van der Waals surface area contributed by atoms with Crippen molar-refractivity contribution in [3.8, 4) is 11.6 Å². The number of fused-ring (bicyclic) bond motifs is 1. The summed E-state index contributed by atoms with van der Waals surface area (Å²) >= 11 is 0. The summed E-state index contributed by atoms with van der Waals surface area (Å²) in [4.78, 5) is 15.5. The van der Waals surface area contributed by atoms with E-state index in [1.165, 1.54) is 11.6 Å². The van der Waals surface area contributed by atoms with Gasteiger partial charge in [0.25, 0.3) is 0 Å². The van der Waals surface area contributed by atoms with Crippen molar-refractivity contribution in [3.05, 3.63) is 52.7 Å². The lowest BCUT2D eigenvalue weighted by Gasteiger charge is -2.10. The Morgan fingerprint density at radius 1 is 1.25 bits per heavy atom. The molecule has 2 aromatic rings. The summed E-state index contributed by atoms with van der Waals surface area (Å²) in [6.07, 6.45) is 3.20. The normalized spacial score (nSPS) is 13.1. The van der Waals surface area contributed by atoms with Crippen LogP contribution in [0.3, 0.4) is 0 Å². The Kier molecular flexibility index (Phi) is 3.14. The number of aromatic carboxylic acids is 1. The van der Waals surface area contributed by atoms with Crippen LogP contribution in [0.1, 0.15) is 33.6 Å². The molecular weight excluding hydrogens is 254 g/mol. The average molecular weight is 269 g/mol. The second-order valence-corrected chi connectivity index (χ2v) is 5.00. The van der Waals surface area contributed by atoms with Crippen molar-refractivity contribution in [2.75, 3.05) is 0 Å². The van der Waals surface area contributed by atoms with Gasteiger partial charge in [-0.15, -0.1) is 0 Å². The Labute approximate surface area is 117 Å². The Morgan fingerprint density at radius 2 is 2.10 bits per heavy atom. The number of nitrogens with zero attached hydrogens (tertiary/aromatic N) is 1. The van der Waals surface area contributed by atoms with Gasteiger partial charge in [-0.3, -0.25) is 0 Å². The predicted molar refractivity (Wildman–Crippen MR) is 74.5 cm³/mol. The zero-order chi connectivity index (χ0) is 14.1. The van der Waals surface area contributed by atoms with E-state index in [4.69, 9.17) is 9.84 Å². The molecule has 0 unspecified atom stereocenters. The number of rotatable bonds is 3. The third kappa shape index (κ3) is 2.37. The van der Waals surface area contributed by atoms with Gasteiger partial charge in [-0.05, 0) is 49.4 Å². The number of carboxylic acid groups (broad SMARTS) is 1. The van der Waals surface area contributed by atoms with Crippen LogP contribution in [0.25, 0.3) is 0 Å². The molecule has 0 saturated heterocycles. The smallest absolute Gasteiger partial charge is 0.335 e. The summed E-state index contributed by atoms with van der Waals surface area (Å²) in [6.45, 7) is 1.88. The van der Waals surface area contributed by atoms with Crippen molar-refractivity contribution >= 4 is 5.97 Å². The minimum atomic E-state index is -0.961. The maximum atomic E-state index is 11.0. The fourth-order valence-electron chi connectivity index (χ4n) is 2.41. The maximum absolute atomic E-state index is 11.0. The Balaban J connectivity index is 1.91. The first kappa shape index (κ1) is 12.7. The van der Waals surface area contributed by atoms with Gasteiger partial charge in [-0.25, -0.2) is 9.78 Å². The highest BCUT2D eigenvalue weighted by molar-refractivity contribution is 5.88. The van der Waals surface area contributed by atoms with E-state index in [2.05, 4.69) is 4.98 Å². The van der Waals surface area contributed by atoms with Crippen LogP contribution >= 0.6 is 0 Å². The van der Waals surface area contributed by atoms with Crippen LogP contribution in [0.4, 0.5) is 0 Å². The molecule has 0 bridgehead atoms. The molecule has 0 saturated carbocycles. The molecule has 0 amide bonds. The van der Waals surface area contributed by atoms with Gasteiger partial charge in [0, 0.05) is 11.8 Å². The molecule has 1 aliphatic rings. The number of hydrogen-bond acceptors (Lipinski definition) is 3. The van der Waals surface area contributed by atoms with Gasteiger partial charge in [0.15, 0.2) is 0 Å². The standard InChI is InChI=1S/C16H15NO3/c1-10-5-6-12(16(18)19)9-14(10)20-15-8-7-11-3-2-4-13(11)17-15/h5-9H,2-4H2,1H3,(H,18,19). The quantitative estimate of drug-likeness (QED) is 0.928. The van der Waals surface area contributed by atoms with Crippen LogP contribution in [0.15, 0.2) is 30.3 Å². The van der Waals surface area contributed by atoms with Crippen molar-refractivity contribution in [2.45, 2.75) is 26.2 Å². The summed E-state index contributed by atoms with van der Waals surface area (Å²) in [5.41, 5.74) is 3.48. The van der Waals surface area contributed by atoms with E-state index in [-0.39, 0.29) is 5.56 Å². The largest absolute Gasteiger partial charge is 0.478 e. The second-order valence-electron chi connectivity index (χ2n) is 5.00. The molecule has 3 rings (SSSR count). The van der Waals surface area contributed by atoms with E-state index in [1.54, 1.807) is 12.1 Å². The highest BCUT2D eigenvalue weighted by Gasteiger charge is 2.14. The van der Waals surface area contributed by atoms with Gasteiger partial charge in [-0.2, -0.15) is 0 Å². The summed E-state index contributed by atoms with van der Waals surface area (Å²) < 4.78 is 5.75. The first-order valence-corrected chi connectivity index (χ1v) is 6.64. The van der Waals surface area contributed by atoms with E-state index >= 15 is 0 Å². The fourth-order valence-corrected chi connectivity index (χ4v) is 2.41. The van der Waals surface area contributed by atoms with Crippen LogP contribution in [0, 0.1) is 6.92 Å². The summed E-state index contributed by atoms with van der Waals surface area (Å²) in [5.74, 6) is 0.100. The molecule has 0 spiro atoms. The number of benzene rings is 1. The number of ether oxygens (including phenoxy) is 1. The highest BCUT2D eigenvalue weighted by Crippen LogP contribution is 2.28. The number of pyridine rings is 1. The molecule has 4 heteroatoms. The minimum Gasteiger partial charge on any atom is -0.478 e. The molecule has 1 heterocycles. The van der Waals surface area contributed by atoms with Gasteiger partial charge >= 0.3 is 5.97 Å². The van der Waals surface area contributed by atoms with E-state index < -0.39 is 5.97 Å². The Morgan fingerprint density at radius 3 is 2.90 bits per heavy atom. The summed E-state index contributed by atoms with van der Waals surface area (Å²) in [6, 6.07) is 8.73. The number of hydrogen-bond donors (Lipinski definition) is 1. The molecule has 4 nitrogen and oxygen atoms in total. The van der Waals surface area contributed by atoms with Crippen molar-refractivity contribution in [2.24, 2.45) is 0 Å². The van der Waals surface area contributed by atoms with E-state index in [9.17, 15) is 4.79 Å². The van der Waals surface area contributed by atoms with Gasteiger partial charge < -0.3 is 9.84 Å². The minimum absolute atomic E-state index is 0.215. The molecule has 0 aliphatic heterocycles.